The molecule has 0 bridgehead atoms. The largest absolute Gasteiger partial charge is 0.323 e. The minimum atomic E-state index is -3.56. The maximum absolute atomic E-state index is 10.9. The van der Waals surface area contributed by atoms with Gasteiger partial charge in [-0.15, -0.1) is 11.3 Å². The molecule has 4 N–H and O–H groups in total. The topological polar surface area (TPSA) is 86.2 Å². The molecule has 1 aromatic heterocycles. The summed E-state index contributed by atoms with van der Waals surface area (Å²) in [5.74, 6) is 0. The van der Waals surface area contributed by atoms with E-state index in [2.05, 4.69) is 0 Å². The van der Waals surface area contributed by atoms with Gasteiger partial charge in [0.15, 0.2) is 0 Å². The van der Waals surface area contributed by atoms with E-state index in [1.54, 1.807) is 6.07 Å². The van der Waals surface area contributed by atoms with Gasteiger partial charge >= 0.3 is 0 Å². The molecule has 1 rings (SSSR count). The zero-order chi connectivity index (χ0) is 10.1. The van der Waals surface area contributed by atoms with E-state index in [4.69, 9.17) is 10.9 Å². The molecule has 0 fully saturated rings. The lowest BCUT2D eigenvalue weighted by Crippen LogP contribution is -2.10. The summed E-state index contributed by atoms with van der Waals surface area (Å²) in [5.41, 5.74) is 5.73. The number of rotatable bonds is 3. The summed E-state index contributed by atoms with van der Waals surface area (Å²) < 4.78 is 22.0. The maximum atomic E-state index is 10.9. The van der Waals surface area contributed by atoms with Gasteiger partial charge in [0.25, 0.3) is 0 Å². The van der Waals surface area contributed by atoms with Crippen LogP contribution in [0.1, 0.15) is 24.3 Å². The highest BCUT2D eigenvalue weighted by molar-refractivity contribution is 7.91. The van der Waals surface area contributed by atoms with Crippen molar-refractivity contribution in [3.63, 3.8) is 0 Å². The van der Waals surface area contributed by atoms with Crippen LogP contribution in [0.5, 0.6) is 0 Å². The number of hydrogen-bond acceptors (Lipinski definition) is 4. The van der Waals surface area contributed by atoms with Crippen molar-refractivity contribution in [2.45, 2.75) is 23.6 Å². The van der Waals surface area contributed by atoms with E-state index in [0.29, 0.717) is 0 Å². The molecule has 6 heteroatoms. The van der Waals surface area contributed by atoms with Gasteiger partial charge in [0.1, 0.15) is 4.21 Å². The lowest BCUT2D eigenvalue weighted by molar-refractivity contribution is 0.600. The monoisotopic (exact) mass is 220 g/mol. The standard InChI is InChI=1S/C7H12N2O2S2/c1-2-5(8)6-3-4-7(12-6)13(9,10)11/h3-5H,2,8H2,1H3,(H2,9,10,11)/t5-/m1/s1. The summed E-state index contributed by atoms with van der Waals surface area (Å²) in [5, 5.41) is 4.95. The molecule has 0 unspecified atom stereocenters. The Balaban J connectivity index is 3.00. The van der Waals surface area contributed by atoms with Crippen molar-refractivity contribution >= 4 is 21.4 Å². The van der Waals surface area contributed by atoms with Crippen molar-refractivity contribution in [3.8, 4) is 0 Å². The lowest BCUT2D eigenvalue weighted by Gasteiger charge is -2.03. The molecule has 74 valence electrons. The molecule has 0 saturated carbocycles. The average molecular weight is 220 g/mol. The van der Waals surface area contributed by atoms with Gasteiger partial charge in [-0.1, -0.05) is 6.92 Å². The van der Waals surface area contributed by atoms with E-state index in [1.807, 2.05) is 6.92 Å². The summed E-state index contributed by atoms with van der Waals surface area (Å²) in [6.07, 6.45) is 0.782. The summed E-state index contributed by atoms with van der Waals surface area (Å²) in [7, 11) is -3.56. The van der Waals surface area contributed by atoms with Gasteiger partial charge in [0, 0.05) is 10.9 Å². The van der Waals surface area contributed by atoms with Crippen LogP contribution in [-0.4, -0.2) is 8.42 Å². The molecule has 4 nitrogen and oxygen atoms in total. The predicted octanol–water partition coefficient (Wildman–Crippen LogP) is 0.805. The third kappa shape index (κ3) is 2.50. The SMILES string of the molecule is CC[C@@H](N)c1ccc(S(N)(=O)=O)s1. The quantitative estimate of drug-likeness (QED) is 0.790. The summed E-state index contributed by atoms with van der Waals surface area (Å²) in [4.78, 5) is 0.853. The van der Waals surface area contributed by atoms with Crippen molar-refractivity contribution in [3.05, 3.63) is 17.0 Å². The van der Waals surface area contributed by atoms with Crippen LogP contribution < -0.4 is 10.9 Å². The van der Waals surface area contributed by atoms with E-state index in [9.17, 15) is 8.42 Å². The highest BCUT2D eigenvalue weighted by Gasteiger charge is 2.13. The number of thiophene rings is 1. The lowest BCUT2D eigenvalue weighted by atomic mass is 10.2. The van der Waals surface area contributed by atoms with Crippen molar-refractivity contribution in [1.29, 1.82) is 0 Å². The van der Waals surface area contributed by atoms with E-state index < -0.39 is 10.0 Å². The molecule has 1 atom stereocenters. The summed E-state index contributed by atoms with van der Waals surface area (Å²) in [6, 6.07) is 3.10. The van der Waals surface area contributed by atoms with Gasteiger partial charge in [-0.05, 0) is 18.6 Å². The second-order valence-corrected chi connectivity index (χ2v) is 5.62. The molecule has 0 amide bonds. The van der Waals surface area contributed by atoms with E-state index in [1.165, 1.54) is 6.07 Å². The second kappa shape index (κ2) is 3.75. The number of primary sulfonamides is 1. The molecule has 0 aliphatic heterocycles. The minimum Gasteiger partial charge on any atom is -0.323 e. The van der Waals surface area contributed by atoms with Crippen molar-refractivity contribution < 1.29 is 8.42 Å². The normalized spacial score (nSPS) is 14.4. The van der Waals surface area contributed by atoms with Gasteiger partial charge in [-0.25, -0.2) is 13.6 Å². The molecular formula is C7H12N2O2S2. The fraction of sp³-hybridized carbons (Fsp3) is 0.429. The van der Waals surface area contributed by atoms with Gasteiger partial charge in [-0.3, -0.25) is 0 Å². The smallest absolute Gasteiger partial charge is 0.247 e. The Hall–Kier alpha value is -0.430. The first-order valence-electron chi connectivity index (χ1n) is 3.83. The van der Waals surface area contributed by atoms with Crippen LogP contribution in [0.25, 0.3) is 0 Å². The van der Waals surface area contributed by atoms with Crippen LogP contribution in [0.3, 0.4) is 0 Å². The van der Waals surface area contributed by atoms with Crippen LogP contribution in [0, 0.1) is 0 Å². The first-order valence-corrected chi connectivity index (χ1v) is 6.19. The highest BCUT2D eigenvalue weighted by Crippen LogP contribution is 2.25. The maximum Gasteiger partial charge on any atom is 0.247 e. The van der Waals surface area contributed by atoms with Gasteiger partial charge in [0.05, 0.1) is 0 Å². The second-order valence-electron chi connectivity index (χ2n) is 2.72. The van der Waals surface area contributed by atoms with Crippen molar-refractivity contribution in [1.82, 2.24) is 0 Å². The van der Waals surface area contributed by atoms with Crippen LogP contribution in [0.15, 0.2) is 16.3 Å². The van der Waals surface area contributed by atoms with E-state index >= 15 is 0 Å². The third-order valence-electron chi connectivity index (χ3n) is 1.69. The fourth-order valence-corrected chi connectivity index (χ4v) is 2.72. The molecule has 0 aliphatic carbocycles. The predicted molar refractivity (Wildman–Crippen MR) is 52.9 cm³/mol. The molecule has 1 aromatic rings. The Labute approximate surface area is 81.6 Å². The van der Waals surface area contributed by atoms with Gasteiger partial charge < -0.3 is 5.73 Å². The zero-order valence-electron chi connectivity index (χ0n) is 7.23. The molecule has 1 heterocycles. The first kappa shape index (κ1) is 10.6. The van der Waals surface area contributed by atoms with E-state index in [-0.39, 0.29) is 10.3 Å². The van der Waals surface area contributed by atoms with Crippen LogP contribution >= 0.6 is 11.3 Å². The Morgan fingerprint density at radius 3 is 2.54 bits per heavy atom. The molecule has 13 heavy (non-hydrogen) atoms. The van der Waals surface area contributed by atoms with Crippen molar-refractivity contribution in [2.75, 3.05) is 0 Å². The molecule has 0 aromatic carbocycles. The zero-order valence-corrected chi connectivity index (χ0v) is 8.86. The summed E-state index contributed by atoms with van der Waals surface area (Å²) in [6.45, 7) is 1.95. The van der Waals surface area contributed by atoms with E-state index in [0.717, 1.165) is 22.6 Å². The number of sulfonamides is 1. The Morgan fingerprint density at radius 1 is 1.54 bits per heavy atom. The molecule has 0 aliphatic rings. The molecule has 0 radical (unpaired) electrons. The average Bonchev–Trinajstić information content (AvgIpc) is 2.50. The summed E-state index contributed by atoms with van der Waals surface area (Å²) >= 11 is 1.13. The molecule has 0 saturated heterocycles. The Kier molecular flexibility index (Phi) is 3.07. The van der Waals surface area contributed by atoms with Gasteiger partial charge in [0.2, 0.25) is 10.0 Å². The Morgan fingerprint density at radius 2 is 2.15 bits per heavy atom. The molecular weight excluding hydrogens is 208 g/mol. The fourth-order valence-electron chi connectivity index (χ4n) is 0.888. The Bertz CT molecular complexity index is 383. The number of nitrogens with two attached hydrogens (primary N) is 2. The van der Waals surface area contributed by atoms with Crippen molar-refractivity contribution in [2.24, 2.45) is 10.9 Å². The van der Waals surface area contributed by atoms with Crippen LogP contribution in [-0.2, 0) is 10.0 Å². The molecule has 0 spiro atoms. The third-order valence-corrected chi connectivity index (χ3v) is 4.34. The van der Waals surface area contributed by atoms with Crippen LogP contribution in [0.4, 0.5) is 0 Å². The first-order chi connectivity index (χ1) is 5.95. The van der Waals surface area contributed by atoms with Crippen LogP contribution in [0.2, 0.25) is 0 Å². The van der Waals surface area contributed by atoms with Gasteiger partial charge in [-0.2, -0.15) is 0 Å². The number of hydrogen-bond donors (Lipinski definition) is 2. The minimum absolute atomic E-state index is 0.0968. The highest BCUT2D eigenvalue weighted by atomic mass is 32.2.